The SMILES string of the molecule is CCCCCCCCCCCCCCCCCCCCCCCCCCCCCc1ccccc1CCCCCCCCCCCCCCCCCCCCCCCCCCCCC. The molecule has 1 aromatic rings. The highest BCUT2D eigenvalue weighted by Gasteiger charge is 2.04. The van der Waals surface area contributed by atoms with Crippen LogP contribution in [-0.4, -0.2) is 0 Å². The fourth-order valence-electron chi connectivity index (χ4n) is 10.7. The minimum absolute atomic E-state index is 1.30. The molecule has 0 heteroatoms. The number of rotatable bonds is 56. The van der Waals surface area contributed by atoms with E-state index >= 15 is 0 Å². The Kier molecular flexibility index (Phi) is 52.5. The zero-order valence-electron chi connectivity index (χ0n) is 44.9. The Hall–Kier alpha value is -0.780. The van der Waals surface area contributed by atoms with Crippen LogP contribution in [0.4, 0.5) is 0 Å². The van der Waals surface area contributed by atoms with Crippen molar-refractivity contribution in [3.05, 3.63) is 35.4 Å². The lowest BCUT2D eigenvalue weighted by molar-refractivity contribution is 0.514. The van der Waals surface area contributed by atoms with E-state index in [2.05, 4.69) is 38.1 Å². The minimum atomic E-state index is 1.30. The molecule has 0 unspecified atom stereocenters. The lowest BCUT2D eigenvalue weighted by Gasteiger charge is -2.10. The normalized spacial score (nSPS) is 11.7. The maximum absolute atomic E-state index is 2.43. The van der Waals surface area contributed by atoms with Gasteiger partial charge in [0.05, 0.1) is 0 Å². The van der Waals surface area contributed by atoms with Gasteiger partial charge in [-0.1, -0.05) is 372 Å². The average Bonchev–Trinajstić information content (AvgIpc) is 3.31. The van der Waals surface area contributed by atoms with E-state index in [4.69, 9.17) is 0 Å². The highest BCUT2D eigenvalue weighted by Crippen LogP contribution is 2.21. The molecule has 0 amide bonds. The van der Waals surface area contributed by atoms with Gasteiger partial charge in [-0.25, -0.2) is 0 Å². The Bertz CT molecular complexity index is 884. The smallest absolute Gasteiger partial charge is 0.0276 e. The fourth-order valence-corrected chi connectivity index (χ4v) is 10.7. The lowest BCUT2D eigenvalue weighted by Crippen LogP contribution is -1.95. The standard InChI is InChI=1S/C64H122/c1-3-5-7-9-11-13-15-17-19-21-23-25-27-29-31-33-35-37-39-41-43-45-47-49-51-53-55-59-63-61-57-58-62-64(63)60-56-54-52-50-48-46-44-42-40-38-36-34-32-30-28-26-24-22-20-18-16-14-12-10-8-6-4-2/h57-58,61-62H,3-56,59-60H2,1-2H3. The predicted molar refractivity (Wildman–Crippen MR) is 295 cm³/mol. The quantitative estimate of drug-likeness (QED) is 0.0572. The summed E-state index contributed by atoms with van der Waals surface area (Å²) >= 11 is 0. The number of hydrogen-bond donors (Lipinski definition) is 0. The molecular weight excluding hydrogens is 769 g/mol. The van der Waals surface area contributed by atoms with E-state index in [-0.39, 0.29) is 0 Å². The number of aryl methyl sites for hydroxylation is 2. The van der Waals surface area contributed by atoms with Gasteiger partial charge in [0, 0.05) is 0 Å². The minimum Gasteiger partial charge on any atom is -0.0654 e. The lowest BCUT2D eigenvalue weighted by atomic mass is 9.96. The highest BCUT2D eigenvalue weighted by atomic mass is 14.1. The van der Waals surface area contributed by atoms with E-state index < -0.39 is 0 Å². The predicted octanol–water partition coefficient (Wildman–Crippen LogP) is 23.9. The second kappa shape index (κ2) is 54.8. The van der Waals surface area contributed by atoms with Crippen LogP contribution in [0.25, 0.3) is 0 Å². The van der Waals surface area contributed by atoms with E-state index in [0.29, 0.717) is 0 Å². The third-order valence-electron chi connectivity index (χ3n) is 15.2. The summed E-state index contributed by atoms with van der Waals surface area (Å²) in [5, 5.41) is 0. The van der Waals surface area contributed by atoms with Crippen LogP contribution in [0.1, 0.15) is 372 Å². The summed E-state index contributed by atoms with van der Waals surface area (Å²) in [6, 6.07) is 9.41. The topological polar surface area (TPSA) is 0 Å². The van der Waals surface area contributed by atoms with Crippen molar-refractivity contribution in [3.8, 4) is 0 Å². The molecule has 0 aliphatic carbocycles. The van der Waals surface area contributed by atoms with Gasteiger partial charge >= 0.3 is 0 Å². The van der Waals surface area contributed by atoms with Gasteiger partial charge in [-0.15, -0.1) is 0 Å². The van der Waals surface area contributed by atoms with Gasteiger partial charge in [-0.3, -0.25) is 0 Å². The summed E-state index contributed by atoms with van der Waals surface area (Å²) in [6.07, 6.45) is 82.0. The second-order valence-electron chi connectivity index (χ2n) is 21.7. The maximum atomic E-state index is 2.43. The van der Waals surface area contributed by atoms with Crippen LogP contribution in [0.3, 0.4) is 0 Å². The monoisotopic (exact) mass is 891 g/mol. The summed E-state index contributed by atoms with van der Waals surface area (Å²) < 4.78 is 0. The van der Waals surface area contributed by atoms with Crippen molar-refractivity contribution in [3.63, 3.8) is 0 Å². The molecule has 0 saturated heterocycles. The molecule has 0 nitrogen and oxygen atoms in total. The van der Waals surface area contributed by atoms with Crippen molar-refractivity contribution in [1.82, 2.24) is 0 Å². The van der Waals surface area contributed by atoms with Gasteiger partial charge in [0.25, 0.3) is 0 Å². The third kappa shape index (κ3) is 47.7. The molecule has 0 bridgehead atoms. The first-order chi connectivity index (χ1) is 31.9. The Labute approximate surface area is 407 Å². The van der Waals surface area contributed by atoms with Crippen LogP contribution in [0.15, 0.2) is 24.3 Å². The van der Waals surface area contributed by atoms with Crippen molar-refractivity contribution in [2.75, 3.05) is 0 Å². The van der Waals surface area contributed by atoms with Gasteiger partial charge in [0.1, 0.15) is 0 Å². The highest BCUT2D eigenvalue weighted by molar-refractivity contribution is 5.27. The number of benzene rings is 1. The van der Waals surface area contributed by atoms with E-state index in [1.165, 1.54) is 360 Å². The van der Waals surface area contributed by atoms with Crippen LogP contribution in [-0.2, 0) is 12.8 Å². The first-order valence-electron chi connectivity index (χ1n) is 30.9. The second-order valence-corrected chi connectivity index (χ2v) is 21.7. The first-order valence-corrected chi connectivity index (χ1v) is 30.9. The largest absolute Gasteiger partial charge is 0.0654 e. The Balaban J connectivity index is 1.77. The van der Waals surface area contributed by atoms with Gasteiger partial charge in [-0.05, 0) is 36.8 Å². The molecule has 0 N–H and O–H groups in total. The Morgan fingerprint density at radius 2 is 0.297 bits per heavy atom. The molecule has 0 spiro atoms. The van der Waals surface area contributed by atoms with E-state index in [9.17, 15) is 0 Å². The van der Waals surface area contributed by atoms with Crippen molar-refractivity contribution in [2.24, 2.45) is 0 Å². The molecule has 0 fully saturated rings. The first kappa shape index (κ1) is 61.2. The Morgan fingerprint density at radius 1 is 0.172 bits per heavy atom. The van der Waals surface area contributed by atoms with Gasteiger partial charge in [0.2, 0.25) is 0 Å². The van der Waals surface area contributed by atoms with Crippen molar-refractivity contribution in [1.29, 1.82) is 0 Å². The van der Waals surface area contributed by atoms with Gasteiger partial charge < -0.3 is 0 Å². The van der Waals surface area contributed by atoms with Crippen molar-refractivity contribution in [2.45, 2.75) is 373 Å². The molecule has 0 aromatic heterocycles. The number of unbranched alkanes of at least 4 members (excludes halogenated alkanes) is 52. The molecule has 1 rings (SSSR count). The van der Waals surface area contributed by atoms with E-state index in [1.807, 2.05) is 0 Å². The number of hydrogen-bond acceptors (Lipinski definition) is 0. The average molecular weight is 892 g/mol. The third-order valence-corrected chi connectivity index (χ3v) is 15.2. The van der Waals surface area contributed by atoms with Gasteiger partial charge in [0.15, 0.2) is 0 Å². The molecule has 378 valence electrons. The molecule has 1 aromatic carbocycles. The summed E-state index contributed by atoms with van der Waals surface area (Å²) in [5.41, 5.74) is 3.30. The van der Waals surface area contributed by atoms with E-state index in [1.54, 1.807) is 11.1 Å². The summed E-state index contributed by atoms with van der Waals surface area (Å²) in [4.78, 5) is 0. The maximum Gasteiger partial charge on any atom is -0.0276 e. The fraction of sp³-hybridized carbons (Fsp3) is 0.906. The molecule has 0 aliphatic heterocycles. The Morgan fingerprint density at radius 3 is 0.438 bits per heavy atom. The van der Waals surface area contributed by atoms with Crippen LogP contribution in [0.2, 0.25) is 0 Å². The zero-order valence-corrected chi connectivity index (χ0v) is 44.9. The zero-order chi connectivity index (χ0) is 45.6. The molecule has 0 aliphatic rings. The van der Waals surface area contributed by atoms with Crippen LogP contribution < -0.4 is 0 Å². The molecule has 64 heavy (non-hydrogen) atoms. The summed E-state index contributed by atoms with van der Waals surface area (Å²) in [7, 11) is 0. The van der Waals surface area contributed by atoms with Gasteiger partial charge in [-0.2, -0.15) is 0 Å². The van der Waals surface area contributed by atoms with Crippen molar-refractivity contribution >= 4 is 0 Å². The molecule has 0 radical (unpaired) electrons. The van der Waals surface area contributed by atoms with Crippen LogP contribution >= 0.6 is 0 Å². The summed E-state index contributed by atoms with van der Waals surface area (Å²) in [6.45, 7) is 4.63. The van der Waals surface area contributed by atoms with Crippen LogP contribution in [0, 0.1) is 0 Å². The summed E-state index contributed by atoms with van der Waals surface area (Å²) in [5.74, 6) is 0. The molecule has 0 heterocycles. The molecule has 0 atom stereocenters. The molecule has 0 saturated carbocycles. The van der Waals surface area contributed by atoms with Crippen molar-refractivity contribution < 1.29 is 0 Å². The molecular formula is C64H122. The van der Waals surface area contributed by atoms with Crippen LogP contribution in [0.5, 0.6) is 0 Å². The van der Waals surface area contributed by atoms with E-state index in [0.717, 1.165) is 0 Å².